The second kappa shape index (κ2) is 13.3. The van der Waals surface area contributed by atoms with Crippen molar-refractivity contribution in [1.82, 2.24) is 5.32 Å². The molecule has 0 bridgehead atoms. The maximum atomic E-state index is 13.9. The lowest BCUT2D eigenvalue weighted by atomic mass is 10.0. The fourth-order valence-corrected chi connectivity index (χ4v) is 3.82. The zero-order chi connectivity index (χ0) is 25.9. The molecule has 2 amide bonds. The maximum Gasteiger partial charge on any atom is 0.305 e. The van der Waals surface area contributed by atoms with Gasteiger partial charge in [0.1, 0.15) is 11.8 Å². The second-order valence-corrected chi connectivity index (χ2v) is 8.53. The Morgan fingerprint density at radius 2 is 1.58 bits per heavy atom. The van der Waals surface area contributed by atoms with Crippen molar-refractivity contribution in [1.29, 1.82) is 0 Å². The van der Waals surface area contributed by atoms with Crippen LogP contribution in [0.4, 0.5) is 5.69 Å². The molecule has 0 fully saturated rings. The topological polar surface area (TPSA) is 84.9 Å². The highest BCUT2D eigenvalue weighted by atomic mass is 35.5. The van der Waals surface area contributed by atoms with Gasteiger partial charge in [0.15, 0.2) is 0 Å². The van der Waals surface area contributed by atoms with Gasteiger partial charge in [0.05, 0.1) is 14.2 Å². The van der Waals surface area contributed by atoms with E-state index in [0.717, 1.165) is 5.56 Å². The lowest BCUT2D eigenvalue weighted by Crippen LogP contribution is -2.50. The van der Waals surface area contributed by atoms with Gasteiger partial charge in [-0.15, -0.1) is 0 Å². The summed E-state index contributed by atoms with van der Waals surface area (Å²) < 4.78 is 9.98. The fourth-order valence-electron chi connectivity index (χ4n) is 3.69. The van der Waals surface area contributed by atoms with E-state index in [1.54, 1.807) is 60.5 Å². The van der Waals surface area contributed by atoms with Gasteiger partial charge in [-0.25, -0.2) is 0 Å². The average Bonchev–Trinajstić information content (AvgIpc) is 2.91. The van der Waals surface area contributed by atoms with Crippen LogP contribution in [0.5, 0.6) is 5.75 Å². The van der Waals surface area contributed by atoms with Gasteiger partial charge in [-0.3, -0.25) is 14.4 Å². The third-order valence-corrected chi connectivity index (χ3v) is 5.88. The first-order valence-electron chi connectivity index (χ1n) is 11.5. The van der Waals surface area contributed by atoms with Crippen molar-refractivity contribution in [3.05, 3.63) is 95.0 Å². The van der Waals surface area contributed by atoms with E-state index in [1.165, 1.54) is 7.11 Å². The fraction of sp³-hybridized carbons (Fsp3) is 0.250. The van der Waals surface area contributed by atoms with E-state index in [4.69, 9.17) is 21.1 Å². The van der Waals surface area contributed by atoms with Crippen molar-refractivity contribution in [2.45, 2.75) is 25.3 Å². The van der Waals surface area contributed by atoms with Crippen LogP contribution in [-0.2, 0) is 20.7 Å². The smallest absolute Gasteiger partial charge is 0.305 e. The summed E-state index contributed by atoms with van der Waals surface area (Å²) in [6, 6.07) is 22.2. The molecule has 0 heterocycles. The molecule has 3 rings (SSSR count). The number of carbonyl (C=O) groups excluding carboxylic acids is 3. The van der Waals surface area contributed by atoms with Gasteiger partial charge in [0.2, 0.25) is 5.91 Å². The predicted molar refractivity (Wildman–Crippen MR) is 139 cm³/mol. The number of amides is 2. The molecular formula is C28H29ClN2O5. The van der Waals surface area contributed by atoms with Gasteiger partial charge in [-0.1, -0.05) is 41.9 Å². The highest BCUT2D eigenvalue weighted by Crippen LogP contribution is 2.22. The number of esters is 1. The molecule has 0 radical (unpaired) electrons. The van der Waals surface area contributed by atoms with Crippen molar-refractivity contribution in [2.75, 3.05) is 25.7 Å². The summed E-state index contributed by atoms with van der Waals surface area (Å²) in [5.74, 6) is -0.381. The number of carbonyl (C=O) groups is 3. The first kappa shape index (κ1) is 26.8. The Hall–Kier alpha value is -3.84. The Kier molecular flexibility index (Phi) is 9.89. The van der Waals surface area contributed by atoms with Crippen molar-refractivity contribution < 1.29 is 23.9 Å². The highest BCUT2D eigenvalue weighted by molar-refractivity contribution is 6.30. The number of benzene rings is 3. The Morgan fingerprint density at radius 3 is 2.19 bits per heavy atom. The molecule has 188 valence electrons. The summed E-state index contributed by atoms with van der Waals surface area (Å²) in [4.78, 5) is 40.2. The number of nitrogens with one attached hydrogen (secondary N) is 1. The SMILES string of the molecule is COC(=O)CCCN(C(=O)[C@H](Cc1ccccc1)NC(=O)c1ccc(Cl)cc1)c1ccc(OC)cc1. The summed E-state index contributed by atoms with van der Waals surface area (Å²) in [7, 11) is 2.90. The molecule has 3 aromatic carbocycles. The molecule has 1 N–H and O–H groups in total. The summed E-state index contributed by atoms with van der Waals surface area (Å²) in [5.41, 5.74) is 1.92. The maximum absolute atomic E-state index is 13.9. The summed E-state index contributed by atoms with van der Waals surface area (Å²) >= 11 is 5.96. The molecular weight excluding hydrogens is 480 g/mol. The van der Waals surface area contributed by atoms with Crippen molar-refractivity contribution >= 4 is 35.1 Å². The molecule has 1 atom stereocenters. The zero-order valence-corrected chi connectivity index (χ0v) is 21.0. The summed E-state index contributed by atoms with van der Waals surface area (Å²) in [6.45, 7) is 0.266. The Bertz CT molecular complexity index is 1150. The van der Waals surface area contributed by atoms with E-state index >= 15 is 0 Å². The van der Waals surface area contributed by atoms with Crippen LogP contribution < -0.4 is 15.0 Å². The average molecular weight is 509 g/mol. The first-order valence-corrected chi connectivity index (χ1v) is 11.9. The van der Waals surface area contributed by atoms with Gasteiger partial charge in [0.25, 0.3) is 5.91 Å². The van der Waals surface area contributed by atoms with Crippen LogP contribution in [-0.4, -0.2) is 44.6 Å². The number of hydrogen-bond donors (Lipinski definition) is 1. The summed E-state index contributed by atoms with van der Waals surface area (Å²) in [5, 5.41) is 3.41. The van der Waals surface area contributed by atoms with E-state index in [0.29, 0.717) is 34.9 Å². The number of rotatable bonds is 11. The van der Waals surface area contributed by atoms with Gasteiger partial charge < -0.3 is 19.7 Å². The summed E-state index contributed by atoms with van der Waals surface area (Å²) in [6.07, 6.45) is 0.854. The van der Waals surface area contributed by atoms with Gasteiger partial charge in [0, 0.05) is 35.7 Å². The third-order valence-electron chi connectivity index (χ3n) is 5.63. The number of ether oxygens (including phenoxy) is 2. The minimum atomic E-state index is -0.851. The first-order chi connectivity index (χ1) is 17.4. The molecule has 0 aromatic heterocycles. The molecule has 0 aliphatic rings. The zero-order valence-electron chi connectivity index (χ0n) is 20.3. The van der Waals surface area contributed by atoms with Crippen molar-refractivity contribution in [2.24, 2.45) is 0 Å². The normalized spacial score (nSPS) is 11.3. The number of anilines is 1. The number of halogens is 1. The van der Waals surface area contributed by atoms with E-state index < -0.39 is 6.04 Å². The van der Waals surface area contributed by atoms with Crippen LogP contribution in [0.25, 0.3) is 0 Å². The number of methoxy groups -OCH3 is 2. The Balaban J connectivity index is 1.90. The standard InChI is InChI=1S/C28H29ClN2O5/c1-35-24-16-14-23(15-17-24)31(18-6-9-26(32)36-2)28(34)25(19-20-7-4-3-5-8-20)30-27(33)21-10-12-22(29)13-11-21/h3-5,7-8,10-17,25H,6,9,18-19H2,1-2H3,(H,30,33)/t25-/m0/s1. The third kappa shape index (κ3) is 7.58. The molecule has 0 aliphatic heterocycles. The van der Waals surface area contributed by atoms with Gasteiger partial charge in [-0.2, -0.15) is 0 Å². The quantitative estimate of drug-likeness (QED) is 0.380. The molecule has 8 heteroatoms. The monoisotopic (exact) mass is 508 g/mol. The van der Waals surface area contributed by atoms with Crippen LogP contribution in [0.1, 0.15) is 28.8 Å². The molecule has 0 aliphatic carbocycles. The Labute approximate surface area is 216 Å². The van der Waals surface area contributed by atoms with E-state index in [9.17, 15) is 14.4 Å². The van der Waals surface area contributed by atoms with Crippen LogP contribution in [0.2, 0.25) is 5.02 Å². The highest BCUT2D eigenvalue weighted by Gasteiger charge is 2.28. The second-order valence-electron chi connectivity index (χ2n) is 8.09. The molecule has 0 spiro atoms. The molecule has 7 nitrogen and oxygen atoms in total. The van der Waals surface area contributed by atoms with E-state index in [-0.39, 0.29) is 30.7 Å². The molecule has 0 saturated carbocycles. The van der Waals surface area contributed by atoms with Crippen LogP contribution in [0, 0.1) is 0 Å². The number of hydrogen-bond acceptors (Lipinski definition) is 5. The molecule has 3 aromatic rings. The minimum absolute atomic E-state index is 0.164. The van der Waals surface area contributed by atoms with Gasteiger partial charge >= 0.3 is 5.97 Å². The minimum Gasteiger partial charge on any atom is -0.497 e. The van der Waals surface area contributed by atoms with Crippen molar-refractivity contribution in [3.63, 3.8) is 0 Å². The molecule has 0 unspecified atom stereocenters. The lowest BCUT2D eigenvalue weighted by molar-refractivity contribution is -0.140. The Morgan fingerprint density at radius 1 is 0.917 bits per heavy atom. The van der Waals surface area contributed by atoms with E-state index in [1.807, 2.05) is 30.3 Å². The molecule has 0 saturated heterocycles. The number of nitrogens with zero attached hydrogens (tertiary/aromatic N) is 1. The van der Waals surface area contributed by atoms with Crippen LogP contribution >= 0.6 is 11.6 Å². The molecule has 36 heavy (non-hydrogen) atoms. The predicted octanol–water partition coefficient (Wildman–Crippen LogP) is 4.68. The van der Waals surface area contributed by atoms with E-state index in [2.05, 4.69) is 5.32 Å². The lowest BCUT2D eigenvalue weighted by Gasteiger charge is -2.28. The van der Waals surface area contributed by atoms with Crippen molar-refractivity contribution in [3.8, 4) is 5.75 Å². The van der Waals surface area contributed by atoms with Gasteiger partial charge in [-0.05, 0) is 60.5 Å². The van der Waals surface area contributed by atoms with Crippen LogP contribution in [0.3, 0.4) is 0 Å². The largest absolute Gasteiger partial charge is 0.497 e. The van der Waals surface area contributed by atoms with Crippen LogP contribution in [0.15, 0.2) is 78.9 Å².